The number of halogens is 2. The molecule has 0 aliphatic rings. The summed E-state index contributed by atoms with van der Waals surface area (Å²) in [6.07, 6.45) is -0.774. The van der Waals surface area contributed by atoms with Crippen LogP contribution in [0.1, 0.15) is 17.3 Å². The third kappa shape index (κ3) is 4.40. The molecule has 2 aromatic rings. The Morgan fingerprint density at radius 3 is 2.38 bits per heavy atom. The molecular formula is C17H15Cl2NO4. The summed E-state index contributed by atoms with van der Waals surface area (Å²) in [5.74, 6) is -0.373. The highest BCUT2D eigenvalue weighted by Crippen LogP contribution is 2.29. The van der Waals surface area contributed by atoms with Crippen LogP contribution in [-0.4, -0.2) is 25.1 Å². The molecule has 0 fully saturated rings. The van der Waals surface area contributed by atoms with Gasteiger partial charge in [-0.25, -0.2) is 4.79 Å². The predicted molar refractivity (Wildman–Crippen MR) is 93.0 cm³/mol. The van der Waals surface area contributed by atoms with Crippen LogP contribution in [0.5, 0.6) is 5.75 Å². The summed E-state index contributed by atoms with van der Waals surface area (Å²) in [5.41, 5.74) is 0.804. The minimum absolute atomic E-state index is 0.266. The molecule has 24 heavy (non-hydrogen) atoms. The van der Waals surface area contributed by atoms with Gasteiger partial charge in [0.25, 0.3) is 5.91 Å². The second-order valence-electron chi connectivity index (χ2n) is 4.87. The third-order valence-corrected chi connectivity index (χ3v) is 3.99. The molecule has 7 heteroatoms. The lowest BCUT2D eigenvalue weighted by molar-refractivity contribution is -0.122. The van der Waals surface area contributed by atoms with Crippen molar-refractivity contribution in [2.45, 2.75) is 13.0 Å². The van der Waals surface area contributed by atoms with Crippen molar-refractivity contribution in [2.75, 3.05) is 12.4 Å². The van der Waals surface area contributed by atoms with Crippen LogP contribution in [0.25, 0.3) is 0 Å². The second kappa shape index (κ2) is 8.04. The minimum atomic E-state index is -0.774. The number of esters is 1. The molecule has 0 spiro atoms. The molecule has 0 heterocycles. The number of hydrogen-bond donors (Lipinski definition) is 1. The lowest BCUT2D eigenvalue weighted by Gasteiger charge is -2.15. The van der Waals surface area contributed by atoms with Gasteiger partial charge in [0.1, 0.15) is 5.75 Å². The molecule has 126 valence electrons. The molecule has 0 aromatic heterocycles. The Labute approximate surface area is 149 Å². The molecule has 0 radical (unpaired) electrons. The summed E-state index contributed by atoms with van der Waals surface area (Å²) >= 11 is 11.9. The van der Waals surface area contributed by atoms with E-state index < -0.39 is 12.1 Å². The number of amides is 1. The van der Waals surface area contributed by atoms with Gasteiger partial charge < -0.3 is 14.8 Å². The average Bonchev–Trinajstić information content (AvgIpc) is 2.58. The topological polar surface area (TPSA) is 64.6 Å². The van der Waals surface area contributed by atoms with E-state index in [1.165, 1.54) is 7.11 Å². The SMILES string of the molecule is COC(=O)c1ccc(O[C@@H](C)C(=O)Nc2cccc(Cl)c2Cl)cc1. The highest BCUT2D eigenvalue weighted by molar-refractivity contribution is 6.44. The zero-order valence-electron chi connectivity index (χ0n) is 13.0. The zero-order chi connectivity index (χ0) is 17.7. The van der Waals surface area contributed by atoms with Gasteiger partial charge in [0.2, 0.25) is 0 Å². The van der Waals surface area contributed by atoms with Crippen molar-refractivity contribution in [3.8, 4) is 5.75 Å². The Hall–Kier alpha value is -2.24. The third-order valence-electron chi connectivity index (χ3n) is 3.17. The fraction of sp³-hybridized carbons (Fsp3) is 0.176. The molecule has 1 amide bonds. The van der Waals surface area contributed by atoms with Gasteiger partial charge in [-0.3, -0.25) is 4.79 Å². The van der Waals surface area contributed by atoms with E-state index in [0.29, 0.717) is 22.0 Å². The van der Waals surface area contributed by atoms with E-state index in [1.807, 2.05) is 0 Å². The molecule has 0 saturated carbocycles. The van der Waals surface area contributed by atoms with E-state index in [2.05, 4.69) is 10.1 Å². The summed E-state index contributed by atoms with van der Waals surface area (Å²) in [5, 5.41) is 3.27. The summed E-state index contributed by atoms with van der Waals surface area (Å²) in [7, 11) is 1.31. The number of rotatable bonds is 5. The Bertz CT molecular complexity index is 747. The van der Waals surface area contributed by atoms with Gasteiger partial charge in [0, 0.05) is 0 Å². The Morgan fingerprint density at radius 2 is 1.75 bits per heavy atom. The number of ether oxygens (including phenoxy) is 2. The fourth-order valence-electron chi connectivity index (χ4n) is 1.88. The Balaban J connectivity index is 2.01. The molecule has 0 unspecified atom stereocenters. The summed E-state index contributed by atoms with van der Waals surface area (Å²) in [4.78, 5) is 23.6. The van der Waals surface area contributed by atoms with E-state index >= 15 is 0 Å². The van der Waals surface area contributed by atoms with Crippen LogP contribution in [-0.2, 0) is 9.53 Å². The van der Waals surface area contributed by atoms with Crippen molar-refractivity contribution >= 4 is 40.8 Å². The highest BCUT2D eigenvalue weighted by atomic mass is 35.5. The molecule has 1 N–H and O–H groups in total. The van der Waals surface area contributed by atoms with Crippen LogP contribution in [0.15, 0.2) is 42.5 Å². The van der Waals surface area contributed by atoms with Crippen molar-refractivity contribution in [3.63, 3.8) is 0 Å². The van der Waals surface area contributed by atoms with Crippen LogP contribution < -0.4 is 10.1 Å². The van der Waals surface area contributed by atoms with E-state index in [-0.39, 0.29) is 10.9 Å². The summed E-state index contributed by atoms with van der Waals surface area (Å²) in [6, 6.07) is 11.2. The average molecular weight is 368 g/mol. The fourth-order valence-corrected chi connectivity index (χ4v) is 2.23. The lowest BCUT2D eigenvalue weighted by Crippen LogP contribution is -2.30. The number of benzene rings is 2. The standard InChI is InChI=1S/C17H15Cl2NO4/c1-10(16(21)20-14-5-3-4-13(18)15(14)19)24-12-8-6-11(7-9-12)17(22)23-2/h3-10H,1-2H3,(H,20,21)/t10-/m0/s1. The number of nitrogens with one attached hydrogen (secondary N) is 1. The number of carbonyl (C=O) groups is 2. The number of carbonyl (C=O) groups excluding carboxylic acids is 2. The molecule has 1 atom stereocenters. The molecule has 0 bridgehead atoms. The molecule has 2 aromatic carbocycles. The van der Waals surface area contributed by atoms with Crippen LogP contribution in [0.2, 0.25) is 10.0 Å². The first-order valence-electron chi connectivity index (χ1n) is 7.02. The maximum atomic E-state index is 12.2. The van der Waals surface area contributed by atoms with Crippen LogP contribution in [0.4, 0.5) is 5.69 Å². The van der Waals surface area contributed by atoms with Gasteiger partial charge in [-0.05, 0) is 43.3 Å². The molecule has 2 rings (SSSR count). The van der Waals surface area contributed by atoms with Crippen LogP contribution in [0, 0.1) is 0 Å². The zero-order valence-corrected chi connectivity index (χ0v) is 14.5. The first-order chi connectivity index (χ1) is 11.4. The lowest BCUT2D eigenvalue weighted by atomic mass is 10.2. The summed E-state index contributed by atoms with van der Waals surface area (Å²) in [6.45, 7) is 1.60. The quantitative estimate of drug-likeness (QED) is 0.804. The van der Waals surface area contributed by atoms with Gasteiger partial charge >= 0.3 is 5.97 Å². The predicted octanol–water partition coefficient (Wildman–Crippen LogP) is 4.19. The van der Waals surface area contributed by atoms with Crippen molar-refractivity contribution in [1.82, 2.24) is 0 Å². The van der Waals surface area contributed by atoms with Gasteiger partial charge in [0.05, 0.1) is 28.4 Å². The molecule has 0 aliphatic heterocycles. The number of anilines is 1. The van der Waals surface area contributed by atoms with Crippen molar-refractivity contribution in [3.05, 3.63) is 58.1 Å². The van der Waals surface area contributed by atoms with E-state index in [0.717, 1.165) is 0 Å². The maximum Gasteiger partial charge on any atom is 0.337 e. The molecular weight excluding hydrogens is 353 g/mol. The molecule has 5 nitrogen and oxygen atoms in total. The van der Waals surface area contributed by atoms with Crippen molar-refractivity contribution in [2.24, 2.45) is 0 Å². The Morgan fingerprint density at radius 1 is 1.08 bits per heavy atom. The second-order valence-corrected chi connectivity index (χ2v) is 5.65. The van der Waals surface area contributed by atoms with E-state index in [1.54, 1.807) is 49.4 Å². The van der Waals surface area contributed by atoms with Gasteiger partial charge in [-0.15, -0.1) is 0 Å². The van der Waals surface area contributed by atoms with Gasteiger partial charge in [-0.1, -0.05) is 29.3 Å². The van der Waals surface area contributed by atoms with E-state index in [4.69, 9.17) is 27.9 Å². The minimum Gasteiger partial charge on any atom is -0.481 e. The smallest absolute Gasteiger partial charge is 0.337 e. The van der Waals surface area contributed by atoms with Crippen molar-refractivity contribution < 1.29 is 19.1 Å². The van der Waals surface area contributed by atoms with Crippen molar-refractivity contribution in [1.29, 1.82) is 0 Å². The molecule has 0 aliphatic carbocycles. The largest absolute Gasteiger partial charge is 0.481 e. The van der Waals surface area contributed by atoms with E-state index in [9.17, 15) is 9.59 Å². The molecule has 0 saturated heterocycles. The number of methoxy groups -OCH3 is 1. The normalized spacial score (nSPS) is 11.5. The number of hydrogen-bond acceptors (Lipinski definition) is 4. The Kier molecular flexibility index (Phi) is 6.06. The maximum absolute atomic E-state index is 12.2. The van der Waals surface area contributed by atoms with Crippen LogP contribution >= 0.6 is 23.2 Å². The monoisotopic (exact) mass is 367 g/mol. The van der Waals surface area contributed by atoms with Gasteiger partial charge in [0.15, 0.2) is 6.10 Å². The van der Waals surface area contributed by atoms with Gasteiger partial charge in [-0.2, -0.15) is 0 Å². The highest BCUT2D eigenvalue weighted by Gasteiger charge is 2.17. The first-order valence-corrected chi connectivity index (χ1v) is 7.78. The first kappa shape index (κ1) is 18.1. The summed E-state index contributed by atoms with van der Waals surface area (Å²) < 4.78 is 10.2. The van der Waals surface area contributed by atoms with Crippen LogP contribution in [0.3, 0.4) is 0 Å².